The number of hydrogen-bond donors (Lipinski definition) is 1. The number of carbonyl (C=O) groups is 1. The summed E-state index contributed by atoms with van der Waals surface area (Å²) in [5.74, 6) is 0.673. The minimum absolute atomic E-state index is 0.0415. The smallest absolute Gasteiger partial charge is 0.138 e. The predicted molar refractivity (Wildman–Crippen MR) is 116 cm³/mol. The molecule has 2 nitrogen and oxygen atoms in total. The van der Waals surface area contributed by atoms with E-state index in [-0.39, 0.29) is 10.8 Å². The quantitative estimate of drug-likeness (QED) is 0.573. The zero-order valence-electron chi connectivity index (χ0n) is 17.9. The Labute approximate surface area is 168 Å². The molecule has 1 aromatic carbocycles. The second-order valence-electron chi connectivity index (χ2n) is 8.68. The number of rotatable bonds is 7. The molecule has 1 N–H and O–H groups in total. The molecule has 1 heterocycles. The van der Waals surface area contributed by atoms with E-state index in [1.54, 1.807) is 0 Å². The van der Waals surface area contributed by atoms with E-state index >= 15 is 0 Å². The largest absolute Gasteiger partial charge is 0.508 e. The van der Waals surface area contributed by atoms with Gasteiger partial charge in [0.05, 0.1) is 0 Å². The summed E-state index contributed by atoms with van der Waals surface area (Å²) in [6.45, 7) is 14.6. The minimum atomic E-state index is -0.270. The van der Waals surface area contributed by atoms with Crippen LogP contribution >= 0.6 is 11.3 Å². The topological polar surface area (TPSA) is 37.3 Å². The molecule has 0 radical (unpaired) electrons. The van der Waals surface area contributed by atoms with E-state index in [4.69, 9.17) is 0 Å². The maximum Gasteiger partial charge on any atom is 0.138 e. The van der Waals surface area contributed by atoms with Crippen LogP contribution in [0.15, 0.2) is 24.3 Å². The van der Waals surface area contributed by atoms with Crippen LogP contribution in [0.4, 0.5) is 0 Å². The molecule has 1 aromatic heterocycles. The molecule has 0 atom stereocenters. The Morgan fingerprint density at radius 1 is 1.04 bits per heavy atom. The standard InChI is InChI=1S/C24H34O2S/c1-8-24(9-2,18-10-11-19(25)16(3)14-18)22-15-17(4)20(27-22)12-13-21(26)23(5,6)7/h10-11,14-15,25H,8-9,12-13H2,1-7H3. The molecule has 0 bridgehead atoms. The molecule has 0 spiro atoms. The third-order valence-electron chi connectivity index (χ3n) is 5.86. The number of aryl methyl sites for hydroxylation is 3. The second-order valence-corrected chi connectivity index (χ2v) is 9.82. The monoisotopic (exact) mass is 386 g/mol. The predicted octanol–water partition coefficient (Wildman–Crippen LogP) is 6.72. The first-order chi connectivity index (χ1) is 12.5. The minimum Gasteiger partial charge on any atom is -0.508 e. The van der Waals surface area contributed by atoms with Gasteiger partial charge in [-0.05, 0) is 61.9 Å². The molecule has 3 heteroatoms. The number of aromatic hydroxyl groups is 1. The molecular formula is C24H34O2S. The van der Waals surface area contributed by atoms with Gasteiger partial charge in [0.2, 0.25) is 0 Å². The maximum absolute atomic E-state index is 12.3. The van der Waals surface area contributed by atoms with Crippen molar-refractivity contribution in [2.45, 2.75) is 79.6 Å². The first-order valence-electron chi connectivity index (χ1n) is 9.98. The Morgan fingerprint density at radius 3 is 2.19 bits per heavy atom. The van der Waals surface area contributed by atoms with Crippen molar-refractivity contribution in [2.24, 2.45) is 5.41 Å². The molecule has 148 valence electrons. The highest BCUT2D eigenvalue weighted by atomic mass is 32.1. The number of thiophene rings is 1. The summed E-state index contributed by atoms with van der Waals surface area (Å²) in [4.78, 5) is 15.0. The van der Waals surface area contributed by atoms with Gasteiger partial charge in [-0.3, -0.25) is 4.79 Å². The van der Waals surface area contributed by atoms with E-state index in [0.29, 0.717) is 18.0 Å². The number of Topliss-reactive ketones (excluding diaryl/α,β-unsaturated/α-hetero) is 1. The van der Waals surface area contributed by atoms with Crippen LogP contribution in [-0.2, 0) is 16.6 Å². The highest BCUT2D eigenvalue weighted by molar-refractivity contribution is 7.12. The van der Waals surface area contributed by atoms with Crippen LogP contribution in [0, 0.1) is 19.3 Å². The fraction of sp³-hybridized carbons (Fsp3) is 0.542. The lowest BCUT2D eigenvalue weighted by Crippen LogP contribution is -2.25. The van der Waals surface area contributed by atoms with Crippen molar-refractivity contribution in [2.75, 3.05) is 0 Å². The number of phenols is 1. The Bertz CT molecular complexity index is 804. The van der Waals surface area contributed by atoms with Gasteiger partial charge >= 0.3 is 0 Å². The number of ketones is 1. The third kappa shape index (κ3) is 4.45. The van der Waals surface area contributed by atoms with Crippen molar-refractivity contribution in [3.8, 4) is 5.75 Å². The average Bonchev–Trinajstić information content (AvgIpc) is 2.97. The van der Waals surface area contributed by atoms with Crippen molar-refractivity contribution in [1.82, 2.24) is 0 Å². The Morgan fingerprint density at radius 2 is 1.67 bits per heavy atom. The Balaban J connectivity index is 2.38. The molecule has 2 rings (SSSR count). The van der Waals surface area contributed by atoms with Crippen LogP contribution in [0.1, 0.15) is 80.3 Å². The van der Waals surface area contributed by atoms with Gasteiger partial charge in [0, 0.05) is 27.0 Å². The van der Waals surface area contributed by atoms with Crippen molar-refractivity contribution in [3.63, 3.8) is 0 Å². The van der Waals surface area contributed by atoms with Gasteiger partial charge in [-0.25, -0.2) is 0 Å². The number of phenolic OH excluding ortho intramolecular Hbond substituents is 1. The van der Waals surface area contributed by atoms with E-state index in [0.717, 1.165) is 24.8 Å². The van der Waals surface area contributed by atoms with E-state index in [1.165, 1.54) is 20.9 Å². The number of hydrogen-bond acceptors (Lipinski definition) is 3. The van der Waals surface area contributed by atoms with Crippen molar-refractivity contribution in [1.29, 1.82) is 0 Å². The van der Waals surface area contributed by atoms with Gasteiger partial charge in [0.1, 0.15) is 11.5 Å². The summed E-state index contributed by atoms with van der Waals surface area (Å²) in [5, 5.41) is 9.93. The first-order valence-corrected chi connectivity index (χ1v) is 10.8. The van der Waals surface area contributed by atoms with Crippen LogP contribution in [0.5, 0.6) is 5.75 Å². The normalized spacial score (nSPS) is 12.4. The lowest BCUT2D eigenvalue weighted by atomic mass is 9.74. The molecule has 0 saturated heterocycles. The van der Waals surface area contributed by atoms with Gasteiger partial charge in [-0.1, -0.05) is 46.8 Å². The van der Waals surface area contributed by atoms with Gasteiger partial charge in [-0.15, -0.1) is 11.3 Å². The number of carbonyl (C=O) groups excluding carboxylic acids is 1. The summed E-state index contributed by atoms with van der Waals surface area (Å²) in [6.07, 6.45) is 3.45. The summed E-state index contributed by atoms with van der Waals surface area (Å²) in [6, 6.07) is 8.32. The average molecular weight is 387 g/mol. The zero-order valence-corrected chi connectivity index (χ0v) is 18.7. The Hall–Kier alpha value is -1.61. The highest BCUT2D eigenvalue weighted by Gasteiger charge is 2.33. The van der Waals surface area contributed by atoms with Gasteiger partial charge in [0.15, 0.2) is 0 Å². The molecule has 0 saturated carbocycles. The van der Waals surface area contributed by atoms with Gasteiger partial charge in [0.25, 0.3) is 0 Å². The summed E-state index contributed by atoms with van der Waals surface area (Å²) in [5.41, 5.74) is 3.16. The van der Waals surface area contributed by atoms with Crippen LogP contribution < -0.4 is 0 Å². The molecule has 0 fully saturated rings. The van der Waals surface area contributed by atoms with Gasteiger partial charge in [-0.2, -0.15) is 0 Å². The molecule has 0 aliphatic rings. The van der Waals surface area contributed by atoms with E-state index in [2.05, 4.69) is 39.0 Å². The fourth-order valence-corrected chi connectivity index (χ4v) is 5.24. The van der Waals surface area contributed by atoms with Crippen LogP contribution in [0.3, 0.4) is 0 Å². The van der Waals surface area contributed by atoms with E-state index in [9.17, 15) is 9.90 Å². The second kappa shape index (κ2) is 8.18. The van der Waals surface area contributed by atoms with Crippen molar-refractivity contribution in [3.05, 3.63) is 50.7 Å². The van der Waals surface area contributed by atoms with E-state index in [1.807, 2.05) is 45.1 Å². The summed E-state index contributed by atoms with van der Waals surface area (Å²) < 4.78 is 0. The lowest BCUT2D eigenvalue weighted by molar-refractivity contribution is -0.126. The van der Waals surface area contributed by atoms with Gasteiger partial charge < -0.3 is 5.11 Å². The molecule has 0 unspecified atom stereocenters. The molecule has 0 aliphatic heterocycles. The third-order valence-corrected chi connectivity index (χ3v) is 7.37. The highest BCUT2D eigenvalue weighted by Crippen LogP contribution is 2.44. The maximum atomic E-state index is 12.3. The fourth-order valence-electron chi connectivity index (χ4n) is 3.71. The molecule has 2 aromatic rings. The molecule has 0 amide bonds. The Kier molecular flexibility index (Phi) is 6.57. The van der Waals surface area contributed by atoms with Crippen LogP contribution in [-0.4, -0.2) is 10.9 Å². The van der Waals surface area contributed by atoms with Crippen LogP contribution in [0.2, 0.25) is 0 Å². The molecule has 27 heavy (non-hydrogen) atoms. The van der Waals surface area contributed by atoms with E-state index < -0.39 is 0 Å². The molecule has 0 aliphatic carbocycles. The zero-order chi connectivity index (χ0) is 20.4. The first kappa shape index (κ1) is 21.7. The number of benzene rings is 1. The SMILES string of the molecule is CCC(CC)(c1ccc(O)c(C)c1)c1cc(C)c(CCC(=O)C(C)(C)C)s1. The summed E-state index contributed by atoms with van der Waals surface area (Å²) >= 11 is 1.86. The van der Waals surface area contributed by atoms with Crippen molar-refractivity contribution < 1.29 is 9.90 Å². The van der Waals surface area contributed by atoms with Crippen LogP contribution in [0.25, 0.3) is 0 Å². The van der Waals surface area contributed by atoms with Crippen molar-refractivity contribution >= 4 is 17.1 Å². The summed E-state index contributed by atoms with van der Waals surface area (Å²) in [7, 11) is 0. The molecular weight excluding hydrogens is 352 g/mol. The lowest BCUT2D eigenvalue weighted by Gasteiger charge is -2.32.